The van der Waals surface area contributed by atoms with Crippen LogP contribution in [0.2, 0.25) is 0 Å². The van der Waals surface area contributed by atoms with Crippen molar-refractivity contribution in [2.75, 3.05) is 42.6 Å². The normalized spacial score (nSPS) is 27.4. The molecule has 1 spiro atoms. The topological polar surface area (TPSA) is 90.4 Å². The highest BCUT2D eigenvalue weighted by Gasteiger charge is 2.75. The number of ether oxygens (including phenoxy) is 1. The molecule has 0 saturated carbocycles. The Bertz CT molecular complexity index is 1150. The number of nitrogens with zero attached hydrogens (tertiary/aromatic N) is 3. The van der Waals surface area contributed by atoms with Gasteiger partial charge >= 0.3 is 5.97 Å². The molecule has 4 rings (SSSR count). The molecule has 8 nitrogen and oxygen atoms in total. The van der Waals surface area contributed by atoms with Crippen molar-refractivity contribution in [2.45, 2.75) is 75.5 Å². The number of likely N-dealkylation sites (tertiary alicyclic amines) is 1. The molecular weight excluding hydrogens is 550 g/mol. The molecule has 42 heavy (non-hydrogen) atoms. The van der Waals surface area contributed by atoms with Crippen LogP contribution in [0.3, 0.4) is 0 Å². The fraction of sp³-hybridized carbons (Fsp3) is 0.606. The minimum Gasteiger partial charge on any atom is -0.465 e. The molecule has 1 aromatic rings. The Balaban J connectivity index is 1.77. The molecule has 3 fully saturated rings. The van der Waals surface area contributed by atoms with E-state index in [2.05, 4.69) is 31.9 Å². The van der Waals surface area contributed by atoms with Crippen LogP contribution < -0.4 is 9.80 Å². The number of esters is 1. The van der Waals surface area contributed by atoms with Crippen LogP contribution in [0.15, 0.2) is 49.6 Å². The SMILES string of the molecule is C=CCCOC(=O)[C@@H]1[C@H]2C(=O)N([C@@H](CO)[C@@H](C)CC)C(C(=O)N(CC=C)c3ccc(N(CC)CC)cc3)C23CC[C@H]1S3. The van der Waals surface area contributed by atoms with Crippen molar-refractivity contribution in [3.63, 3.8) is 0 Å². The third-order valence-electron chi connectivity index (χ3n) is 9.52. The zero-order valence-corrected chi connectivity index (χ0v) is 26.4. The van der Waals surface area contributed by atoms with E-state index in [1.54, 1.807) is 33.7 Å². The second-order valence-electron chi connectivity index (χ2n) is 11.6. The number of hydrogen-bond donors (Lipinski definition) is 1. The number of thioether (sulfide) groups is 1. The van der Waals surface area contributed by atoms with Crippen LogP contribution in [0.4, 0.5) is 11.4 Å². The molecule has 0 aromatic heterocycles. The van der Waals surface area contributed by atoms with Crippen molar-refractivity contribution in [3.8, 4) is 0 Å². The summed E-state index contributed by atoms with van der Waals surface area (Å²) < 4.78 is 4.85. The number of benzene rings is 1. The van der Waals surface area contributed by atoms with E-state index in [-0.39, 0.29) is 48.7 Å². The lowest BCUT2D eigenvalue weighted by Crippen LogP contribution is -2.58. The number of aliphatic hydroxyl groups is 1. The van der Waals surface area contributed by atoms with Crippen LogP contribution in [0, 0.1) is 17.8 Å². The average molecular weight is 598 g/mol. The highest BCUT2D eigenvalue weighted by atomic mass is 32.2. The fourth-order valence-electron chi connectivity index (χ4n) is 7.18. The second kappa shape index (κ2) is 13.7. The van der Waals surface area contributed by atoms with E-state index in [1.165, 1.54) is 0 Å². The molecule has 3 aliphatic rings. The quantitative estimate of drug-likeness (QED) is 0.179. The maximum absolute atomic E-state index is 14.8. The Morgan fingerprint density at radius 2 is 1.83 bits per heavy atom. The largest absolute Gasteiger partial charge is 0.465 e. The van der Waals surface area contributed by atoms with Gasteiger partial charge in [0.05, 0.1) is 35.8 Å². The summed E-state index contributed by atoms with van der Waals surface area (Å²) in [5.74, 6) is -2.10. The lowest BCUT2D eigenvalue weighted by atomic mass is 9.71. The summed E-state index contributed by atoms with van der Waals surface area (Å²) in [6.45, 7) is 17.9. The molecule has 2 amide bonds. The number of hydrogen-bond acceptors (Lipinski definition) is 7. The summed E-state index contributed by atoms with van der Waals surface area (Å²) in [5, 5.41) is 10.5. The lowest BCUT2D eigenvalue weighted by molar-refractivity contribution is -0.154. The molecule has 7 atom stereocenters. The molecule has 3 heterocycles. The Morgan fingerprint density at radius 1 is 1.17 bits per heavy atom. The summed E-state index contributed by atoms with van der Waals surface area (Å²) in [4.78, 5) is 48.3. The summed E-state index contributed by atoms with van der Waals surface area (Å²) in [5.41, 5.74) is 1.80. The highest BCUT2D eigenvalue weighted by molar-refractivity contribution is 8.02. The van der Waals surface area contributed by atoms with E-state index in [1.807, 2.05) is 38.1 Å². The van der Waals surface area contributed by atoms with Crippen molar-refractivity contribution in [3.05, 3.63) is 49.6 Å². The fourth-order valence-corrected chi connectivity index (χ4v) is 9.37. The van der Waals surface area contributed by atoms with E-state index in [9.17, 15) is 19.5 Å². The van der Waals surface area contributed by atoms with Crippen molar-refractivity contribution < 1.29 is 24.2 Å². The van der Waals surface area contributed by atoms with Gasteiger partial charge in [0.25, 0.3) is 5.91 Å². The number of carbonyl (C=O) groups excluding carboxylic acids is 3. The van der Waals surface area contributed by atoms with Gasteiger partial charge in [0, 0.05) is 36.3 Å². The van der Waals surface area contributed by atoms with E-state index in [0.29, 0.717) is 12.8 Å². The van der Waals surface area contributed by atoms with E-state index in [0.717, 1.165) is 37.3 Å². The minimum atomic E-state index is -0.815. The Kier molecular flexibility index (Phi) is 10.5. The molecule has 9 heteroatoms. The first-order valence-corrected chi connectivity index (χ1v) is 16.3. The Morgan fingerprint density at radius 3 is 2.40 bits per heavy atom. The van der Waals surface area contributed by atoms with Gasteiger partial charge in [-0.25, -0.2) is 0 Å². The molecule has 1 N–H and O–H groups in total. The van der Waals surface area contributed by atoms with E-state index < -0.39 is 28.7 Å². The van der Waals surface area contributed by atoms with Gasteiger partial charge in [-0.05, 0) is 63.3 Å². The summed E-state index contributed by atoms with van der Waals surface area (Å²) in [6.07, 6.45) is 6.06. The number of rotatable bonds is 15. The lowest BCUT2D eigenvalue weighted by Gasteiger charge is -2.41. The van der Waals surface area contributed by atoms with Crippen molar-refractivity contribution >= 4 is 40.9 Å². The first kappa shape index (κ1) is 32.1. The third-order valence-corrected chi connectivity index (χ3v) is 11.5. The van der Waals surface area contributed by atoms with Crippen LogP contribution in [0.1, 0.15) is 53.4 Å². The summed E-state index contributed by atoms with van der Waals surface area (Å²) in [7, 11) is 0. The maximum atomic E-state index is 14.8. The van der Waals surface area contributed by atoms with Crippen LogP contribution in [0.25, 0.3) is 0 Å². The average Bonchev–Trinajstić information content (AvgIpc) is 3.64. The van der Waals surface area contributed by atoms with Gasteiger partial charge in [-0.3, -0.25) is 14.4 Å². The van der Waals surface area contributed by atoms with Gasteiger partial charge in [-0.15, -0.1) is 24.9 Å². The standard InChI is InChI=1S/C33H47N3O5S/c1-7-12-20-41-32(40)27-26-17-18-33(42-26)28(27)30(38)36(25(21-37)22(6)9-3)29(33)31(39)35(19-8-2)24-15-13-23(14-16-24)34(10-4)11-5/h7-8,13-16,22,25-29,37H,1-2,9-12,17-21H2,3-6H3/t22-,25-,26+,27-,28-,29?,33?/m0/s1. The second-order valence-corrected chi connectivity index (χ2v) is 13.2. The predicted molar refractivity (Wildman–Crippen MR) is 170 cm³/mol. The minimum absolute atomic E-state index is 0.0362. The third kappa shape index (κ3) is 5.50. The zero-order chi connectivity index (χ0) is 30.6. The molecular formula is C33H47N3O5S. The molecule has 0 radical (unpaired) electrons. The van der Waals surface area contributed by atoms with Gasteiger partial charge in [0.1, 0.15) is 6.04 Å². The number of amides is 2. The molecule has 1 aromatic carbocycles. The number of fused-ring (bicyclic) bond motifs is 1. The van der Waals surface area contributed by atoms with Crippen LogP contribution in [-0.4, -0.2) is 82.7 Å². The van der Waals surface area contributed by atoms with E-state index in [4.69, 9.17) is 4.74 Å². The summed E-state index contributed by atoms with van der Waals surface area (Å²) >= 11 is 1.61. The van der Waals surface area contributed by atoms with Gasteiger partial charge in [0.15, 0.2) is 0 Å². The van der Waals surface area contributed by atoms with Crippen LogP contribution in [-0.2, 0) is 19.1 Å². The molecule has 3 aliphatic heterocycles. The zero-order valence-electron chi connectivity index (χ0n) is 25.5. The molecule has 2 bridgehead atoms. The predicted octanol–water partition coefficient (Wildman–Crippen LogP) is 4.67. The van der Waals surface area contributed by atoms with Gasteiger partial charge in [-0.2, -0.15) is 0 Å². The van der Waals surface area contributed by atoms with Crippen molar-refractivity contribution in [1.29, 1.82) is 0 Å². The first-order valence-electron chi connectivity index (χ1n) is 15.4. The maximum Gasteiger partial charge on any atom is 0.310 e. The smallest absolute Gasteiger partial charge is 0.310 e. The van der Waals surface area contributed by atoms with E-state index >= 15 is 0 Å². The van der Waals surface area contributed by atoms with Crippen molar-refractivity contribution in [1.82, 2.24) is 4.90 Å². The number of carbonyl (C=O) groups is 3. The Hall–Kier alpha value is -2.78. The Labute approximate surface area is 255 Å². The molecule has 0 aliphatic carbocycles. The van der Waals surface area contributed by atoms with Crippen molar-refractivity contribution in [2.24, 2.45) is 17.8 Å². The van der Waals surface area contributed by atoms with Crippen LogP contribution >= 0.6 is 11.8 Å². The summed E-state index contributed by atoms with van der Waals surface area (Å²) in [6, 6.07) is 6.58. The monoisotopic (exact) mass is 597 g/mol. The first-order chi connectivity index (χ1) is 20.2. The van der Waals surface area contributed by atoms with Gasteiger partial charge in [0.2, 0.25) is 5.91 Å². The molecule has 2 unspecified atom stereocenters. The molecule has 3 saturated heterocycles. The number of anilines is 2. The van der Waals surface area contributed by atoms with Gasteiger partial charge in [-0.1, -0.05) is 32.4 Å². The van der Waals surface area contributed by atoms with Gasteiger partial charge < -0.3 is 24.5 Å². The molecule has 230 valence electrons. The highest BCUT2D eigenvalue weighted by Crippen LogP contribution is 2.67. The number of aliphatic hydroxyl groups excluding tert-OH is 1. The van der Waals surface area contributed by atoms with Crippen LogP contribution in [0.5, 0.6) is 0 Å².